The number of ether oxygens (including phenoxy) is 1. The van der Waals surface area contributed by atoms with Crippen molar-refractivity contribution in [1.29, 1.82) is 0 Å². The van der Waals surface area contributed by atoms with Crippen LogP contribution in [0, 0.1) is 5.95 Å². The molecule has 1 heterocycles. The molecule has 0 radical (unpaired) electrons. The van der Waals surface area contributed by atoms with Crippen LogP contribution in [0.4, 0.5) is 17.6 Å². The van der Waals surface area contributed by atoms with Gasteiger partial charge in [0.2, 0.25) is 5.95 Å². The number of nitrogens with zero attached hydrogens (tertiary/aromatic N) is 2. The molecule has 0 saturated heterocycles. The van der Waals surface area contributed by atoms with Gasteiger partial charge < -0.3 is 9.64 Å². The number of hydrogen-bond acceptors (Lipinski definition) is 3. The minimum atomic E-state index is -4.56. The summed E-state index contributed by atoms with van der Waals surface area (Å²) < 4.78 is 56.0. The van der Waals surface area contributed by atoms with Gasteiger partial charge in [0.1, 0.15) is 6.54 Å². The van der Waals surface area contributed by atoms with Crippen LogP contribution in [0.1, 0.15) is 23.7 Å². The van der Waals surface area contributed by atoms with Crippen molar-refractivity contribution in [2.75, 3.05) is 26.3 Å². The molecule has 1 rings (SSSR count). The quantitative estimate of drug-likeness (QED) is 0.442. The highest BCUT2D eigenvalue weighted by atomic mass is 19.4. The second kappa shape index (κ2) is 7.92. The maximum atomic E-state index is 13.4. The molecule has 21 heavy (non-hydrogen) atoms. The molecule has 0 bridgehead atoms. The molecule has 118 valence electrons. The second-order valence-corrected chi connectivity index (χ2v) is 4.23. The number of carbonyl (C=O) groups excluding carboxylic acids is 1. The van der Waals surface area contributed by atoms with Crippen LogP contribution >= 0.6 is 0 Å². The highest BCUT2D eigenvalue weighted by molar-refractivity contribution is 5.94. The first-order valence-electron chi connectivity index (χ1n) is 6.39. The third kappa shape index (κ3) is 6.07. The molecule has 4 nitrogen and oxygen atoms in total. The Kier molecular flexibility index (Phi) is 6.54. The molecule has 0 aliphatic heterocycles. The van der Waals surface area contributed by atoms with E-state index in [1.807, 2.05) is 0 Å². The Bertz CT molecular complexity index is 466. The molecule has 0 aliphatic rings. The summed E-state index contributed by atoms with van der Waals surface area (Å²) in [5.41, 5.74) is -0.474. The predicted molar refractivity (Wildman–Crippen MR) is 67.3 cm³/mol. The molecule has 1 amide bonds. The van der Waals surface area contributed by atoms with E-state index in [0.717, 1.165) is 12.3 Å². The number of pyridine rings is 1. The van der Waals surface area contributed by atoms with Crippen molar-refractivity contribution in [2.45, 2.75) is 19.5 Å². The van der Waals surface area contributed by atoms with Gasteiger partial charge in [-0.3, -0.25) is 4.79 Å². The van der Waals surface area contributed by atoms with Crippen molar-refractivity contribution in [3.8, 4) is 0 Å². The second-order valence-electron chi connectivity index (χ2n) is 4.23. The van der Waals surface area contributed by atoms with Gasteiger partial charge >= 0.3 is 6.18 Å². The first-order valence-corrected chi connectivity index (χ1v) is 6.39. The van der Waals surface area contributed by atoms with Crippen molar-refractivity contribution < 1.29 is 27.1 Å². The average molecular weight is 308 g/mol. The number of hydrogen-bond donors (Lipinski definition) is 0. The molecule has 1 aromatic rings. The van der Waals surface area contributed by atoms with E-state index in [0.29, 0.717) is 11.5 Å². The molecule has 1 aromatic heterocycles. The van der Waals surface area contributed by atoms with Crippen molar-refractivity contribution in [3.63, 3.8) is 0 Å². The summed E-state index contributed by atoms with van der Waals surface area (Å²) in [5, 5.41) is 0. The molecule has 0 atom stereocenters. The monoisotopic (exact) mass is 308 g/mol. The van der Waals surface area contributed by atoms with E-state index in [-0.39, 0.29) is 19.6 Å². The zero-order chi connectivity index (χ0) is 15.9. The fraction of sp³-hybridized carbons (Fsp3) is 0.538. The van der Waals surface area contributed by atoms with E-state index < -0.39 is 30.1 Å². The van der Waals surface area contributed by atoms with E-state index in [4.69, 9.17) is 4.74 Å². The lowest BCUT2D eigenvalue weighted by Gasteiger charge is -2.24. The number of aromatic nitrogens is 1. The largest absolute Gasteiger partial charge is 0.406 e. The fourth-order valence-electron chi connectivity index (χ4n) is 1.69. The van der Waals surface area contributed by atoms with Crippen LogP contribution in [0.5, 0.6) is 0 Å². The molecule has 0 N–H and O–H groups in total. The van der Waals surface area contributed by atoms with Gasteiger partial charge in [0.15, 0.2) is 0 Å². The van der Waals surface area contributed by atoms with Crippen molar-refractivity contribution in [3.05, 3.63) is 29.8 Å². The van der Waals surface area contributed by atoms with Crippen molar-refractivity contribution >= 4 is 5.91 Å². The minimum Gasteiger partial charge on any atom is -0.382 e. The van der Waals surface area contributed by atoms with E-state index in [9.17, 15) is 22.4 Å². The maximum Gasteiger partial charge on any atom is 0.406 e. The van der Waals surface area contributed by atoms with Crippen molar-refractivity contribution in [1.82, 2.24) is 9.88 Å². The summed E-state index contributed by atoms with van der Waals surface area (Å²) in [5.74, 6) is -2.12. The molecule has 0 saturated carbocycles. The van der Waals surface area contributed by atoms with E-state index in [1.165, 1.54) is 6.07 Å². The van der Waals surface area contributed by atoms with Crippen LogP contribution in [0.25, 0.3) is 0 Å². The van der Waals surface area contributed by atoms with Gasteiger partial charge in [-0.2, -0.15) is 17.6 Å². The summed E-state index contributed by atoms with van der Waals surface area (Å²) in [6, 6.07) is 2.40. The average Bonchev–Trinajstić information content (AvgIpc) is 2.41. The first kappa shape index (κ1) is 17.4. The molecule has 0 aromatic carbocycles. The zero-order valence-electron chi connectivity index (χ0n) is 11.5. The number of amides is 1. The molecule has 0 unspecified atom stereocenters. The number of halogens is 4. The minimum absolute atomic E-state index is 0.174. The Morgan fingerprint density at radius 2 is 2.14 bits per heavy atom. The Morgan fingerprint density at radius 3 is 2.71 bits per heavy atom. The van der Waals surface area contributed by atoms with Crippen molar-refractivity contribution in [2.24, 2.45) is 0 Å². The fourth-order valence-corrected chi connectivity index (χ4v) is 1.69. The number of rotatable bonds is 7. The van der Waals surface area contributed by atoms with Gasteiger partial charge in [0, 0.05) is 26.0 Å². The Hall–Kier alpha value is -1.70. The number of alkyl halides is 3. The summed E-state index contributed by atoms with van der Waals surface area (Å²) in [7, 11) is 0. The summed E-state index contributed by atoms with van der Waals surface area (Å²) in [6.45, 7) is 0.806. The van der Waals surface area contributed by atoms with E-state index >= 15 is 0 Å². The standard InChI is InChI=1S/C13H16F4N2O2/c1-2-21-8-4-7-19(9-13(15,16)17)12(20)10-5-3-6-18-11(10)14/h3,5-6H,2,4,7-9H2,1H3. The van der Waals surface area contributed by atoms with Crippen LogP contribution in [0.3, 0.4) is 0 Å². The van der Waals surface area contributed by atoms with Crippen LogP contribution in [-0.2, 0) is 4.74 Å². The maximum absolute atomic E-state index is 13.4. The normalized spacial score (nSPS) is 11.5. The topological polar surface area (TPSA) is 42.4 Å². The van der Waals surface area contributed by atoms with E-state index in [1.54, 1.807) is 6.92 Å². The lowest BCUT2D eigenvalue weighted by atomic mass is 10.2. The molecule has 0 fully saturated rings. The summed E-state index contributed by atoms with van der Waals surface area (Å²) in [4.78, 5) is 15.8. The molecule has 8 heteroatoms. The van der Waals surface area contributed by atoms with Gasteiger partial charge in [-0.1, -0.05) is 0 Å². The Balaban J connectivity index is 2.79. The highest BCUT2D eigenvalue weighted by Gasteiger charge is 2.33. The van der Waals surface area contributed by atoms with E-state index in [2.05, 4.69) is 4.98 Å². The summed E-state index contributed by atoms with van der Waals surface area (Å²) >= 11 is 0. The van der Waals surface area contributed by atoms with Gasteiger partial charge in [-0.05, 0) is 25.5 Å². The molecule has 0 aliphatic carbocycles. The SMILES string of the molecule is CCOCCCN(CC(F)(F)F)C(=O)c1cccnc1F. The van der Waals surface area contributed by atoms with Gasteiger partial charge in [0.05, 0.1) is 5.56 Å². The van der Waals surface area contributed by atoms with Crippen LogP contribution in [0.15, 0.2) is 18.3 Å². The van der Waals surface area contributed by atoms with Gasteiger partial charge in [-0.15, -0.1) is 0 Å². The molecule has 0 spiro atoms. The summed E-state index contributed by atoms with van der Waals surface area (Å²) in [6.07, 6.45) is -3.20. The van der Waals surface area contributed by atoms with Gasteiger partial charge in [-0.25, -0.2) is 4.98 Å². The number of carbonyl (C=O) groups is 1. The molecular formula is C13H16F4N2O2. The lowest BCUT2D eigenvalue weighted by Crippen LogP contribution is -2.40. The molecular weight excluding hydrogens is 292 g/mol. The van der Waals surface area contributed by atoms with Gasteiger partial charge in [0.25, 0.3) is 5.91 Å². The Morgan fingerprint density at radius 1 is 1.43 bits per heavy atom. The smallest absolute Gasteiger partial charge is 0.382 e. The van der Waals surface area contributed by atoms with Crippen LogP contribution in [-0.4, -0.2) is 48.3 Å². The van der Waals surface area contributed by atoms with Crippen LogP contribution in [0.2, 0.25) is 0 Å². The third-order valence-corrected chi connectivity index (χ3v) is 2.57. The third-order valence-electron chi connectivity index (χ3n) is 2.57. The predicted octanol–water partition coefficient (Wildman–Crippen LogP) is 2.65. The lowest BCUT2D eigenvalue weighted by molar-refractivity contribution is -0.141. The van der Waals surface area contributed by atoms with Crippen LogP contribution < -0.4 is 0 Å². The zero-order valence-corrected chi connectivity index (χ0v) is 11.5. The Labute approximate surface area is 119 Å². The highest BCUT2D eigenvalue weighted by Crippen LogP contribution is 2.19. The first-order chi connectivity index (χ1) is 9.85.